The van der Waals surface area contributed by atoms with Gasteiger partial charge in [0.1, 0.15) is 11.5 Å². The largest absolute Gasteiger partial charge is 0.417 e. The molecule has 1 saturated heterocycles. The van der Waals surface area contributed by atoms with Crippen LogP contribution >= 0.6 is 11.3 Å². The van der Waals surface area contributed by atoms with E-state index in [-0.39, 0.29) is 15.7 Å². The van der Waals surface area contributed by atoms with Gasteiger partial charge in [0.25, 0.3) is 17.7 Å². The van der Waals surface area contributed by atoms with Crippen molar-refractivity contribution in [2.45, 2.75) is 76.7 Å². The SMILES string of the molecule is C[C@H](NC(=O)c1nc(C(=O)N2CC(F)(F)C[C@@H]2C)c(-c2cnc(NCC3CC3)cc2C(F)(F)F)s1)C(C)(C)O. The minimum Gasteiger partial charge on any atom is -0.388 e. The third-order valence-corrected chi connectivity index (χ3v) is 8.03. The van der Waals surface area contributed by atoms with Crippen LogP contribution in [0.3, 0.4) is 0 Å². The molecule has 1 aliphatic heterocycles. The lowest BCUT2D eigenvalue weighted by Crippen LogP contribution is -2.47. The first-order valence-corrected chi connectivity index (χ1v) is 13.3. The number of likely N-dealkylation sites (tertiary alicyclic amines) is 1. The maximum atomic E-state index is 14.2. The number of halogens is 5. The van der Waals surface area contributed by atoms with Crippen molar-refractivity contribution < 1.29 is 36.6 Å². The van der Waals surface area contributed by atoms with Crippen LogP contribution in [0.1, 0.15) is 72.8 Å². The standard InChI is InChI=1S/C25H30F5N5O3S/c1-12-8-24(26,27)11-35(12)22(37)18-19(39-21(34-18)20(36)33-13(2)23(3,4)38)15-10-32-17(31-9-14-5-6-14)7-16(15)25(28,29)30/h7,10,12-14,38H,5-6,8-9,11H2,1-4H3,(H,31,32)(H,33,36)/t12-,13-/m0/s1. The third kappa shape index (κ3) is 6.65. The zero-order chi connectivity index (χ0) is 28.9. The maximum Gasteiger partial charge on any atom is 0.417 e. The molecule has 2 fully saturated rings. The van der Waals surface area contributed by atoms with Crippen LogP contribution in [-0.4, -0.2) is 68.5 Å². The van der Waals surface area contributed by atoms with Crippen molar-refractivity contribution in [3.05, 3.63) is 28.5 Å². The molecule has 0 unspecified atom stereocenters. The summed E-state index contributed by atoms with van der Waals surface area (Å²) in [4.78, 5) is 35.0. The highest BCUT2D eigenvalue weighted by molar-refractivity contribution is 7.17. The Bertz CT molecular complexity index is 1260. The molecule has 3 N–H and O–H groups in total. The highest BCUT2D eigenvalue weighted by Crippen LogP contribution is 2.43. The first kappa shape index (κ1) is 29.1. The molecule has 1 saturated carbocycles. The van der Waals surface area contributed by atoms with E-state index in [1.807, 2.05) is 0 Å². The van der Waals surface area contributed by atoms with E-state index in [0.717, 1.165) is 30.0 Å². The van der Waals surface area contributed by atoms with Crippen molar-refractivity contribution in [1.82, 2.24) is 20.2 Å². The number of nitrogens with one attached hydrogen (secondary N) is 2. The monoisotopic (exact) mass is 575 g/mol. The highest BCUT2D eigenvalue weighted by Gasteiger charge is 2.46. The van der Waals surface area contributed by atoms with Crippen molar-refractivity contribution in [2.24, 2.45) is 5.92 Å². The molecule has 14 heteroatoms. The smallest absolute Gasteiger partial charge is 0.388 e. The highest BCUT2D eigenvalue weighted by atomic mass is 32.1. The number of pyridine rings is 1. The van der Waals surface area contributed by atoms with E-state index in [2.05, 4.69) is 20.6 Å². The van der Waals surface area contributed by atoms with Crippen LogP contribution in [0.25, 0.3) is 10.4 Å². The number of rotatable bonds is 8. The molecular formula is C25H30F5N5O3S. The zero-order valence-electron chi connectivity index (χ0n) is 21.8. The molecule has 214 valence electrons. The Hall–Kier alpha value is -2.87. The number of thiazole rings is 1. The molecule has 2 atom stereocenters. The number of amides is 2. The van der Waals surface area contributed by atoms with E-state index in [1.165, 1.54) is 27.7 Å². The lowest BCUT2D eigenvalue weighted by Gasteiger charge is -2.26. The Balaban J connectivity index is 1.78. The molecule has 39 heavy (non-hydrogen) atoms. The predicted octanol–water partition coefficient (Wildman–Crippen LogP) is 4.80. The van der Waals surface area contributed by atoms with Gasteiger partial charge in [-0.3, -0.25) is 9.59 Å². The number of carbonyl (C=O) groups is 2. The second-order valence-electron chi connectivity index (χ2n) is 10.8. The van der Waals surface area contributed by atoms with Crippen LogP contribution in [0.2, 0.25) is 0 Å². The van der Waals surface area contributed by atoms with Gasteiger partial charge in [0.15, 0.2) is 5.01 Å². The van der Waals surface area contributed by atoms with E-state index in [4.69, 9.17) is 0 Å². The first-order valence-electron chi connectivity index (χ1n) is 12.5. The minimum atomic E-state index is -4.86. The summed E-state index contributed by atoms with van der Waals surface area (Å²) in [5.74, 6) is -4.63. The Morgan fingerprint density at radius 1 is 1.28 bits per heavy atom. The van der Waals surface area contributed by atoms with E-state index in [0.29, 0.717) is 23.8 Å². The Morgan fingerprint density at radius 2 is 1.95 bits per heavy atom. The summed E-state index contributed by atoms with van der Waals surface area (Å²) in [6, 6.07) is -0.851. The number of aromatic nitrogens is 2. The van der Waals surface area contributed by atoms with Crippen molar-refractivity contribution in [2.75, 3.05) is 18.4 Å². The molecule has 2 aromatic heterocycles. The summed E-state index contributed by atoms with van der Waals surface area (Å²) >= 11 is 0.526. The number of nitrogens with zero attached hydrogens (tertiary/aromatic N) is 3. The fraction of sp³-hybridized carbons (Fsp3) is 0.600. The van der Waals surface area contributed by atoms with E-state index < -0.39 is 71.4 Å². The maximum absolute atomic E-state index is 14.2. The van der Waals surface area contributed by atoms with Crippen molar-refractivity contribution in [3.8, 4) is 10.4 Å². The van der Waals surface area contributed by atoms with E-state index in [9.17, 15) is 36.6 Å². The molecule has 1 aliphatic carbocycles. The summed E-state index contributed by atoms with van der Waals surface area (Å²) in [7, 11) is 0. The molecule has 0 spiro atoms. The zero-order valence-corrected chi connectivity index (χ0v) is 22.6. The number of anilines is 1. The van der Waals surface area contributed by atoms with Gasteiger partial charge in [0, 0.05) is 30.8 Å². The van der Waals surface area contributed by atoms with Crippen LogP contribution in [0.15, 0.2) is 12.3 Å². The van der Waals surface area contributed by atoms with Crippen LogP contribution in [0.4, 0.5) is 27.8 Å². The average molecular weight is 576 g/mol. The molecule has 0 bridgehead atoms. The Morgan fingerprint density at radius 3 is 2.49 bits per heavy atom. The lowest BCUT2D eigenvalue weighted by atomic mass is 10.0. The van der Waals surface area contributed by atoms with Gasteiger partial charge in [0.2, 0.25) is 0 Å². The van der Waals surface area contributed by atoms with Crippen LogP contribution in [0, 0.1) is 5.92 Å². The second kappa shape index (κ2) is 10.3. The molecule has 0 radical (unpaired) electrons. The molecule has 2 amide bonds. The summed E-state index contributed by atoms with van der Waals surface area (Å²) < 4.78 is 70.8. The second-order valence-corrected chi connectivity index (χ2v) is 11.8. The number of carbonyl (C=O) groups excluding carboxylic acids is 2. The number of hydrogen-bond donors (Lipinski definition) is 3. The lowest BCUT2D eigenvalue weighted by molar-refractivity contribution is -0.137. The molecule has 4 rings (SSSR count). The Kier molecular flexibility index (Phi) is 7.67. The molecule has 8 nitrogen and oxygen atoms in total. The molecule has 2 aliphatic rings. The Labute approximate surface area is 226 Å². The average Bonchev–Trinajstić information content (AvgIpc) is 3.46. The number of aliphatic hydroxyl groups is 1. The molecule has 3 heterocycles. The van der Waals surface area contributed by atoms with Crippen LogP contribution in [-0.2, 0) is 6.18 Å². The fourth-order valence-corrected chi connectivity index (χ4v) is 5.12. The van der Waals surface area contributed by atoms with Gasteiger partial charge in [-0.05, 0) is 52.5 Å². The number of alkyl halides is 5. The van der Waals surface area contributed by atoms with Crippen molar-refractivity contribution >= 4 is 29.0 Å². The molecule has 2 aromatic rings. The summed E-state index contributed by atoms with van der Waals surface area (Å²) in [6.45, 7) is 5.39. The summed E-state index contributed by atoms with van der Waals surface area (Å²) in [5.41, 5.74) is -3.48. The number of hydrogen-bond acceptors (Lipinski definition) is 7. The first-order chi connectivity index (χ1) is 18.0. The van der Waals surface area contributed by atoms with Gasteiger partial charge >= 0.3 is 6.18 Å². The minimum absolute atomic E-state index is 0.000132. The third-order valence-electron chi connectivity index (χ3n) is 6.94. The van der Waals surface area contributed by atoms with Gasteiger partial charge < -0.3 is 20.6 Å². The summed E-state index contributed by atoms with van der Waals surface area (Å²) in [6.07, 6.45) is -2.55. The van der Waals surface area contributed by atoms with E-state index >= 15 is 0 Å². The fourth-order valence-electron chi connectivity index (χ4n) is 4.14. The van der Waals surface area contributed by atoms with Gasteiger partial charge in [-0.2, -0.15) is 13.2 Å². The van der Waals surface area contributed by atoms with Gasteiger partial charge in [-0.15, -0.1) is 11.3 Å². The van der Waals surface area contributed by atoms with Crippen molar-refractivity contribution in [3.63, 3.8) is 0 Å². The predicted molar refractivity (Wildman–Crippen MR) is 135 cm³/mol. The van der Waals surface area contributed by atoms with Crippen molar-refractivity contribution in [1.29, 1.82) is 0 Å². The molecule has 0 aromatic carbocycles. The van der Waals surface area contributed by atoms with Crippen LogP contribution < -0.4 is 10.6 Å². The topological polar surface area (TPSA) is 107 Å². The normalized spacial score (nSPS) is 20.2. The quantitative estimate of drug-likeness (QED) is 0.391. The van der Waals surface area contributed by atoms with Crippen LogP contribution in [0.5, 0.6) is 0 Å². The van der Waals surface area contributed by atoms with E-state index in [1.54, 1.807) is 0 Å². The molecular weight excluding hydrogens is 545 g/mol. The summed E-state index contributed by atoms with van der Waals surface area (Å²) in [5, 5.41) is 15.2. The van der Waals surface area contributed by atoms with Gasteiger partial charge in [-0.25, -0.2) is 18.7 Å². The van der Waals surface area contributed by atoms with Gasteiger partial charge in [0.05, 0.1) is 28.6 Å². The van der Waals surface area contributed by atoms with Gasteiger partial charge in [-0.1, -0.05) is 0 Å².